The first-order valence-corrected chi connectivity index (χ1v) is 11.1. The summed E-state index contributed by atoms with van der Waals surface area (Å²) < 4.78 is 10.5. The van der Waals surface area contributed by atoms with Crippen LogP contribution in [0.1, 0.15) is 38.1 Å². The lowest BCUT2D eigenvalue weighted by molar-refractivity contribution is -0.162. The van der Waals surface area contributed by atoms with Gasteiger partial charge in [-0.3, -0.25) is 9.69 Å². The minimum atomic E-state index is -0.962. The average molecular weight is 447 g/mol. The highest BCUT2D eigenvalue weighted by atomic mass is 32.1. The number of esters is 2. The largest absolute Gasteiger partial charge is 0.444 e. The van der Waals surface area contributed by atoms with E-state index in [4.69, 9.17) is 9.47 Å². The molecule has 0 aliphatic heterocycles. The zero-order valence-electron chi connectivity index (χ0n) is 18.4. The summed E-state index contributed by atoms with van der Waals surface area (Å²) in [6.07, 6.45) is -0.378. The van der Waals surface area contributed by atoms with Crippen molar-refractivity contribution in [2.45, 2.75) is 52.3 Å². The number of carbonyl (C=O) groups excluding carboxylic acids is 3. The maximum absolute atomic E-state index is 12.9. The van der Waals surface area contributed by atoms with Crippen LogP contribution in [0.25, 0.3) is 0 Å². The Hall–Kier alpha value is -2.71. The highest BCUT2D eigenvalue weighted by molar-refractivity contribution is 7.09. The molecule has 0 spiro atoms. The van der Waals surface area contributed by atoms with Crippen LogP contribution >= 0.6 is 11.3 Å². The smallest absolute Gasteiger partial charge is 0.411 e. The van der Waals surface area contributed by atoms with Crippen LogP contribution in [-0.4, -0.2) is 47.7 Å². The van der Waals surface area contributed by atoms with E-state index in [0.29, 0.717) is 6.54 Å². The number of benzene rings is 1. The third-order valence-corrected chi connectivity index (χ3v) is 5.15. The van der Waals surface area contributed by atoms with Crippen LogP contribution in [0.3, 0.4) is 0 Å². The molecule has 168 valence electrons. The molecule has 0 radical (unpaired) electrons. The summed E-state index contributed by atoms with van der Waals surface area (Å²) in [5, 5.41) is 4.85. The second-order valence-corrected chi connectivity index (χ2v) is 8.98. The third-order valence-electron chi connectivity index (χ3n) is 4.25. The molecule has 31 heavy (non-hydrogen) atoms. The summed E-state index contributed by atoms with van der Waals surface area (Å²) in [6.45, 7) is 7.61. The quantitative estimate of drug-likeness (QED) is 0.466. The summed E-state index contributed by atoms with van der Waals surface area (Å²) in [7, 11) is 0. The Bertz CT molecular complexity index is 847. The highest BCUT2D eigenvalue weighted by Gasteiger charge is 2.34. The Balaban J connectivity index is 2.02. The Morgan fingerprint density at radius 3 is 2.39 bits per heavy atom. The van der Waals surface area contributed by atoms with E-state index in [2.05, 4.69) is 5.32 Å². The van der Waals surface area contributed by atoms with Crippen LogP contribution in [0, 0.1) is 0 Å². The summed E-state index contributed by atoms with van der Waals surface area (Å²) in [6, 6.07) is 12.4. The van der Waals surface area contributed by atoms with Crippen molar-refractivity contribution in [3.63, 3.8) is 0 Å². The number of likely N-dealkylation sites (N-methyl/N-ethyl adjacent to an activating group) is 1. The molecule has 0 aliphatic carbocycles. The minimum Gasteiger partial charge on any atom is -0.444 e. The Labute approximate surface area is 187 Å². The van der Waals surface area contributed by atoms with Gasteiger partial charge in [0.25, 0.3) is 0 Å². The fourth-order valence-corrected chi connectivity index (χ4v) is 3.60. The third kappa shape index (κ3) is 8.51. The molecular weight excluding hydrogens is 416 g/mol. The molecule has 0 fully saturated rings. The van der Waals surface area contributed by atoms with Crippen molar-refractivity contribution < 1.29 is 23.9 Å². The van der Waals surface area contributed by atoms with Crippen molar-refractivity contribution in [2.75, 3.05) is 13.1 Å². The van der Waals surface area contributed by atoms with Gasteiger partial charge >= 0.3 is 18.0 Å². The van der Waals surface area contributed by atoms with Gasteiger partial charge in [-0.2, -0.15) is 0 Å². The number of hydrogen-bond acceptors (Lipinski definition) is 7. The van der Waals surface area contributed by atoms with Crippen molar-refractivity contribution in [3.05, 3.63) is 58.3 Å². The topological polar surface area (TPSA) is 84.9 Å². The number of nitrogens with one attached hydrogen (secondary N) is 1. The lowest BCUT2D eigenvalue weighted by Crippen LogP contribution is -2.49. The van der Waals surface area contributed by atoms with E-state index in [1.54, 1.807) is 27.7 Å². The molecule has 1 atom stereocenters. The molecule has 1 amide bonds. The van der Waals surface area contributed by atoms with E-state index < -0.39 is 29.7 Å². The lowest BCUT2D eigenvalue weighted by Gasteiger charge is -2.31. The van der Waals surface area contributed by atoms with E-state index in [1.807, 2.05) is 47.8 Å². The normalized spacial score (nSPS) is 12.1. The van der Waals surface area contributed by atoms with Gasteiger partial charge in [0, 0.05) is 24.4 Å². The Morgan fingerprint density at radius 1 is 1.10 bits per heavy atom. The second-order valence-electron chi connectivity index (χ2n) is 7.95. The zero-order chi connectivity index (χ0) is 22.9. The zero-order valence-corrected chi connectivity index (χ0v) is 19.2. The summed E-state index contributed by atoms with van der Waals surface area (Å²) in [4.78, 5) is 40.0. The van der Waals surface area contributed by atoms with E-state index in [0.717, 1.165) is 10.4 Å². The summed E-state index contributed by atoms with van der Waals surface area (Å²) >= 11 is 1.47. The second kappa shape index (κ2) is 11.6. The molecule has 1 heterocycles. The molecule has 7 nitrogen and oxygen atoms in total. The van der Waals surface area contributed by atoms with Crippen LogP contribution in [-0.2, 0) is 32.0 Å². The van der Waals surface area contributed by atoms with Crippen LogP contribution in [0.5, 0.6) is 0 Å². The Morgan fingerprint density at radius 2 is 1.81 bits per heavy atom. The molecule has 0 saturated heterocycles. The lowest BCUT2D eigenvalue weighted by atomic mass is 10.1. The van der Waals surface area contributed by atoms with Gasteiger partial charge < -0.3 is 14.8 Å². The maximum atomic E-state index is 12.9. The Kier molecular flexibility index (Phi) is 9.21. The fraction of sp³-hybridized carbons (Fsp3) is 0.435. The number of nitrogens with zero attached hydrogens (tertiary/aromatic N) is 1. The predicted molar refractivity (Wildman–Crippen MR) is 120 cm³/mol. The number of hydrogen-bond donors (Lipinski definition) is 1. The molecule has 2 rings (SSSR count). The van der Waals surface area contributed by atoms with Gasteiger partial charge in [-0.05, 0) is 44.7 Å². The molecule has 1 N–H and O–H groups in total. The number of amides is 1. The van der Waals surface area contributed by atoms with Crippen LogP contribution in [0.4, 0.5) is 4.79 Å². The number of rotatable bonds is 9. The molecule has 0 bridgehead atoms. The van der Waals surface area contributed by atoms with E-state index >= 15 is 0 Å². The van der Waals surface area contributed by atoms with Crippen LogP contribution < -0.4 is 5.32 Å². The minimum absolute atomic E-state index is 0.120. The predicted octanol–water partition coefficient (Wildman–Crippen LogP) is 3.78. The first kappa shape index (κ1) is 24.6. The van der Waals surface area contributed by atoms with Crippen molar-refractivity contribution in [1.29, 1.82) is 0 Å². The van der Waals surface area contributed by atoms with Crippen molar-refractivity contribution in [3.8, 4) is 0 Å². The number of carbonyl (C=O) groups is 3. The first-order chi connectivity index (χ1) is 14.7. The van der Waals surface area contributed by atoms with Gasteiger partial charge in [-0.1, -0.05) is 36.4 Å². The molecule has 0 unspecified atom stereocenters. The monoisotopic (exact) mass is 446 g/mol. The van der Waals surface area contributed by atoms with Gasteiger partial charge in [0.2, 0.25) is 0 Å². The van der Waals surface area contributed by atoms with Gasteiger partial charge in [-0.15, -0.1) is 11.3 Å². The summed E-state index contributed by atoms with van der Waals surface area (Å²) in [5.74, 6) is -1.47. The molecule has 1 aromatic heterocycles. The average Bonchev–Trinajstić information content (AvgIpc) is 3.20. The van der Waals surface area contributed by atoms with Gasteiger partial charge in [0.15, 0.2) is 0 Å². The van der Waals surface area contributed by atoms with Gasteiger partial charge in [0.05, 0.1) is 6.54 Å². The van der Waals surface area contributed by atoms with E-state index in [-0.39, 0.29) is 19.5 Å². The van der Waals surface area contributed by atoms with Gasteiger partial charge in [0.1, 0.15) is 11.6 Å². The van der Waals surface area contributed by atoms with Crippen molar-refractivity contribution in [1.82, 2.24) is 10.2 Å². The number of thiophene rings is 1. The first-order valence-electron chi connectivity index (χ1n) is 10.2. The molecule has 0 aliphatic rings. The molecule has 0 saturated carbocycles. The molecule has 8 heteroatoms. The molecule has 1 aromatic carbocycles. The van der Waals surface area contributed by atoms with Crippen molar-refractivity contribution in [2.24, 2.45) is 0 Å². The molecule has 2 aromatic rings. The summed E-state index contributed by atoms with van der Waals surface area (Å²) in [5.41, 5.74) is 0.304. The van der Waals surface area contributed by atoms with Crippen molar-refractivity contribution >= 4 is 29.4 Å². The standard InChI is InChI=1S/C23H30N2O5S/c1-5-25(22(28)30-23(2,3)4)19(14-18-12-9-13-31-18)21(27)29-20(26)16-24-15-17-10-7-6-8-11-17/h6-13,19,24H,5,14-16H2,1-4H3/t19-/m1/s1. The van der Waals surface area contributed by atoms with E-state index in [1.165, 1.54) is 16.2 Å². The fourth-order valence-electron chi connectivity index (χ4n) is 2.86. The maximum Gasteiger partial charge on any atom is 0.411 e. The van der Waals surface area contributed by atoms with Crippen LogP contribution in [0.2, 0.25) is 0 Å². The highest BCUT2D eigenvalue weighted by Crippen LogP contribution is 2.18. The SMILES string of the molecule is CCN(C(=O)OC(C)(C)C)[C@H](Cc1cccs1)C(=O)OC(=O)CNCc1ccccc1. The van der Waals surface area contributed by atoms with E-state index in [9.17, 15) is 14.4 Å². The number of ether oxygens (including phenoxy) is 2. The van der Waals surface area contributed by atoms with Gasteiger partial charge in [-0.25, -0.2) is 9.59 Å². The van der Waals surface area contributed by atoms with Crippen LogP contribution in [0.15, 0.2) is 47.8 Å². The molecular formula is C23H30N2O5S.